The van der Waals surface area contributed by atoms with Gasteiger partial charge in [-0.3, -0.25) is 9.59 Å². The Hall–Kier alpha value is -1.06. The van der Waals surface area contributed by atoms with Crippen LogP contribution in [0.5, 0.6) is 0 Å². The maximum Gasteiger partial charge on any atom is 0.310 e. The van der Waals surface area contributed by atoms with Crippen molar-refractivity contribution in [1.82, 2.24) is 0 Å². The minimum absolute atomic E-state index is 0.167. The fourth-order valence-corrected chi connectivity index (χ4v) is 3.60. The molecule has 0 heterocycles. The van der Waals surface area contributed by atoms with Gasteiger partial charge < -0.3 is 9.47 Å². The summed E-state index contributed by atoms with van der Waals surface area (Å²) in [4.78, 5) is 24.9. The molecule has 4 atom stereocenters. The minimum Gasteiger partial charge on any atom is -0.466 e. The highest BCUT2D eigenvalue weighted by Crippen LogP contribution is 2.40. The third kappa shape index (κ3) is 4.72. The van der Waals surface area contributed by atoms with Crippen molar-refractivity contribution < 1.29 is 19.1 Å². The zero-order valence-electron chi connectivity index (χ0n) is 13.9. The monoisotopic (exact) mass is 298 g/mol. The van der Waals surface area contributed by atoms with Crippen LogP contribution in [0.3, 0.4) is 0 Å². The second-order valence-corrected chi connectivity index (χ2v) is 6.01. The number of carbonyl (C=O) groups is 2. The van der Waals surface area contributed by atoms with E-state index in [1.807, 2.05) is 13.8 Å². The normalized spacial score (nSPS) is 29.5. The Kier molecular flexibility index (Phi) is 7.76. The van der Waals surface area contributed by atoms with Crippen LogP contribution in [-0.4, -0.2) is 25.2 Å². The Balaban J connectivity index is 3.07. The van der Waals surface area contributed by atoms with Crippen LogP contribution in [0.25, 0.3) is 0 Å². The van der Waals surface area contributed by atoms with Crippen LogP contribution < -0.4 is 0 Å². The van der Waals surface area contributed by atoms with Gasteiger partial charge >= 0.3 is 11.9 Å². The van der Waals surface area contributed by atoms with Gasteiger partial charge in [0.25, 0.3) is 0 Å². The van der Waals surface area contributed by atoms with Gasteiger partial charge in [-0.15, -0.1) is 0 Å². The first-order valence-electron chi connectivity index (χ1n) is 8.39. The maximum absolute atomic E-state index is 12.5. The molecule has 1 fully saturated rings. The molecular formula is C17H30O4. The zero-order chi connectivity index (χ0) is 15.8. The molecule has 1 aliphatic rings. The molecule has 0 aliphatic heterocycles. The van der Waals surface area contributed by atoms with Crippen LogP contribution in [0, 0.1) is 23.7 Å². The smallest absolute Gasteiger partial charge is 0.310 e. The number of hydrogen-bond acceptors (Lipinski definition) is 4. The van der Waals surface area contributed by atoms with Crippen LogP contribution in [-0.2, 0) is 19.1 Å². The molecule has 0 aromatic rings. The van der Waals surface area contributed by atoms with Crippen molar-refractivity contribution in [3.05, 3.63) is 0 Å². The van der Waals surface area contributed by atoms with E-state index in [1.54, 1.807) is 0 Å². The third-order valence-corrected chi connectivity index (χ3v) is 4.52. The molecule has 0 spiro atoms. The molecule has 1 aliphatic carbocycles. The van der Waals surface area contributed by atoms with Gasteiger partial charge in [-0.2, -0.15) is 0 Å². The summed E-state index contributed by atoms with van der Waals surface area (Å²) in [5, 5.41) is 0. The molecule has 4 heteroatoms. The van der Waals surface area contributed by atoms with Gasteiger partial charge in [-0.25, -0.2) is 0 Å². The van der Waals surface area contributed by atoms with Crippen LogP contribution in [0.4, 0.5) is 0 Å². The van der Waals surface area contributed by atoms with Crippen LogP contribution in [0.1, 0.15) is 59.8 Å². The van der Waals surface area contributed by atoms with Crippen molar-refractivity contribution in [2.75, 3.05) is 13.2 Å². The molecule has 1 saturated carbocycles. The molecule has 1 rings (SSSR count). The summed E-state index contributed by atoms with van der Waals surface area (Å²) in [5.74, 6) is -0.757. The number of hydrogen-bond donors (Lipinski definition) is 0. The van der Waals surface area contributed by atoms with Crippen LogP contribution in [0.2, 0.25) is 0 Å². The van der Waals surface area contributed by atoms with Gasteiger partial charge in [0.05, 0.1) is 25.0 Å². The fraction of sp³-hybridized carbons (Fsp3) is 0.882. The average molecular weight is 298 g/mol. The van der Waals surface area contributed by atoms with Crippen molar-refractivity contribution in [2.24, 2.45) is 23.7 Å². The molecule has 0 amide bonds. The Labute approximate surface area is 128 Å². The molecule has 4 unspecified atom stereocenters. The highest BCUT2D eigenvalue weighted by Gasteiger charge is 2.45. The van der Waals surface area contributed by atoms with Crippen molar-refractivity contribution in [2.45, 2.75) is 59.8 Å². The molecule has 4 nitrogen and oxygen atoms in total. The van der Waals surface area contributed by atoms with E-state index in [1.165, 1.54) is 0 Å². The van der Waals surface area contributed by atoms with E-state index in [-0.39, 0.29) is 35.6 Å². The summed E-state index contributed by atoms with van der Waals surface area (Å²) in [5.41, 5.74) is 0. The highest BCUT2D eigenvalue weighted by molar-refractivity contribution is 5.82. The lowest BCUT2D eigenvalue weighted by molar-refractivity contribution is -0.164. The first kappa shape index (κ1) is 18.0. The van der Waals surface area contributed by atoms with Crippen molar-refractivity contribution >= 4 is 11.9 Å². The molecule has 0 aromatic heterocycles. The Morgan fingerprint density at radius 2 is 1.52 bits per heavy atom. The molecule has 0 bridgehead atoms. The minimum atomic E-state index is -0.358. The lowest BCUT2D eigenvalue weighted by Gasteiger charge is -2.31. The van der Waals surface area contributed by atoms with E-state index < -0.39 is 0 Å². The maximum atomic E-state index is 12.5. The van der Waals surface area contributed by atoms with Crippen molar-refractivity contribution in [1.29, 1.82) is 0 Å². The molecule has 0 saturated heterocycles. The summed E-state index contributed by atoms with van der Waals surface area (Å²) in [6.45, 7) is 8.51. The molecule has 21 heavy (non-hydrogen) atoms. The van der Waals surface area contributed by atoms with Gasteiger partial charge in [-0.1, -0.05) is 26.7 Å². The average Bonchev–Trinajstić information content (AvgIpc) is 2.59. The number of rotatable bonds is 6. The van der Waals surface area contributed by atoms with E-state index in [0.717, 1.165) is 32.1 Å². The van der Waals surface area contributed by atoms with E-state index in [0.29, 0.717) is 13.2 Å². The molecule has 122 valence electrons. The predicted octanol–water partition coefficient (Wildman–Crippen LogP) is 3.58. The number of ether oxygens (including phenoxy) is 2. The Morgan fingerprint density at radius 1 is 0.952 bits per heavy atom. The molecule has 0 N–H and O–H groups in total. The summed E-state index contributed by atoms with van der Waals surface area (Å²) in [6.07, 6.45) is 5.02. The predicted molar refractivity (Wildman–Crippen MR) is 81.7 cm³/mol. The van der Waals surface area contributed by atoms with E-state index in [9.17, 15) is 9.59 Å². The van der Waals surface area contributed by atoms with Gasteiger partial charge in [-0.05, 0) is 44.9 Å². The topological polar surface area (TPSA) is 52.6 Å². The van der Waals surface area contributed by atoms with E-state index in [4.69, 9.17) is 9.47 Å². The number of esters is 2. The van der Waals surface area contributed by atoms with Gasteiger partial charge in [0.1, 0.15) is 0 Å². The molecule has 0 radical (unpaired) electrons. The van der Waals surface area contributed by atoms with Crippen LogP contribution in [0.15, 0.2) is 0 Å². The Bertz CT molecular complexity index is 340. The fourth-order valence-electron chi connectivity index (χ4n) is 3.60. The second kappa shape index (κ2) is 9.06. The summed E-state index contributed by atoms with van der Waals surface area (Å²) in [6, 6.07) is 0. The van der Waals surface area contributed by atoms with Gasteiger partial charge in [0.15, 0.2) is 0 Å². The first-order chi connectivity index (χ1) is 10.1. The SMILES string of the molecule is CCCC1CCCC(C)C(C(=O)OCC)C1C(=O)OCC. The quantitative estimate of drug-likeness (QED) is 0.555. The van der Waals surface area contributed by atoms with Crippen LogP contribution >= 0.6 is 0 Å². The molecular weight excluding hydrogens is 268 g/mol. The summed E-state index contributed by atoms with van der Waals surface area (Å²) in [7, 11) is 0. The first-order valence-corrected chi connectivity index (χ1v) is 8.39. The van der Waals surface area contributed by atoms with E-state index in [2.05, 4.69) is 13.8 Å². The Morgan fingerprint density at radius 3 is 2.05 bits per heavy atom. The lowest BCUT2D eigenvalue weighted by atomic mass is 9.75. The second-order valence-electron chi connectivity index (χ2n) is 6.01. The number of carbonyl (C=O) groups excluding carboxylic acids is 2. The van der Waals surface area contributed by atoms with Crippen molar-refractivity contribution in [3.63, 3.8) is 0 Å². The van der Waals surface area contributed by atoms with Crippen molar-refractivity contribution in [3.8, 4) is 0 Å². The largest absolute Gasteiger partial charge is 0.466 e. The summed E-state index contributed by atoms with van der Waals surface area (Å²) >= 11 is 0. The van der Waals surface area contributed by atoms with E-state index >= 15 is 0 Å². The van der Waals surface area contributed by atoms with Gasteiger partial charge in [0, 0.05) is 0 Å². The molecule has 0 aromatic carbocycles. The van der Waals surface area contributed by atoms with Gasteiger partial charge in [0.2, 0.25) is 0 Å². The lowest BCUT2D eigenvalue weighted by Crippen LogP contribution is -2.39. The third-order valence-electron chi connectivity index (χ3n) is 4.52. The highest BCUT2D eigenvalue weighted by atomic mass is 16.5. The standard InChI is InChI=1S/C17H30O4/c1-5-9-13-11-8-10-12(4)14(16(18)20-6-2)15(13)17(19)21-7-3/h12-15H,5-11H2,1-4H3. The summed E-state index contributed by atoms with van der Waals surface area (Å²) < 4.78 is 10.5. The zero-order valence-corrected chi connectivity index (χ0v) is 13.9.